The zero-order valence-corrected chi connectivity index (χ0v) is 16.9. The highest BCUT2D eigenvalue weighted by atomic mass is 35.5. The number of hydrogen-bond donors (Lipinski definition) is 1. The summed E-state index contributed by atoms with van der Waals surface area (Å²) in [5, 5.41) is 10.4. The Hall–Kier alpha value is -2.02. The van der Waals surface area contributed by atoms with Gasteiger partial charge in [-0.3, -0.25) is 4.79 Å². The quantitative estimate of drug-likeness (QED) is 0.797. The summed E-state index contributed by atoms with van der Waals surface area (Å²) < 4.78 is 26.9. The predicted octanol–water partition coefficient (Wildman–Crippen LogP) is 3.79. The second-order valence-corrected chi connectivity index (χ2v) is 7.76. The molecule has 0 spiro atoms. The van der Waals surface area contributed by atoms with Gasteiger partial charge in [-0.25, -0.2) is 8.78 Å². The minimum absolute atomic E-state index is 0. The highest BCUT2D eigenvalue weighted by molar-refractivity contribution is 5.98. The number of carbonyl (C=O) groups is 1. The molecule has 0 aromatic heterocycles. The summed E-state index contributed by atoms with van der Waals surface area (Å²) in [6.45, 7) is 3.18. The van der Waals surface area contributed by atoms with Gasteiger partial charge < -0.3 is 14.9 Å². The van der Waals surface area contributed by atoms with E-state index in [9.17, 15) is 18.7 Å². The fourth-order valence-electron chi connectivity index (χ4n) is 4.20. The molecule has 2 aromatic carbocycles. The van der Waals surface area contributed by atoms with E-state index < -0.39 is 6.10 Å². The Kier molecular flexibility index (Phi) is 6.88. The Morgan fingerprint density at radius 2 is 1.76 bits per heavy atom. The van der Waals surface area contributed by atoms with Crippen LogP contribution in [0.3, 0.4) is 0 Å². The van der Waals surface area contributed by atoms with Crippen LogP contribution in [0.4, 0.5) is 8.78 Å². The third kappa shape index (κ3) is 4.77. The van der Waals surface area contributed by atoms with Crippen molar-refractivity contribution in [1.29, 1.82) is 0 Å². The first-order valence-corrected chi connectivity index (χ1v) is 9.74. The molecule has 1 saturated heterocycles. The molecular weight excluding hydrogens is 398 g/mol. The number of likely N-dealkylation sites (tertiary alicyclic amines) is 1. The molecule has 1 fully saturated rings. The molecule has 1 amide bonds. The van der Waals surface area contributed by atoms with Gasteiger partial charge in [0.2, 0.25) is 0 Å². The molecule has 0 unspecified atom stereocenters. The smallest absolute Gasteiger partial charge is 0.254 e. The van der Waals surface area contributed by atoms with Crippen molar-refractivity contribution in [2.45, 2.75) is 25.5 Å². The van der Waals surface area contributed by atoms with Crippen molar-refractivity contribution in [1.82, 2.24) is 9.80 Å². The number of β-amino-alcohol motifs (C(OH)–C–C–N with tert-alkyl or cyclic N) is 1. The molecule has 0 saturated carbocycles. The number of aliphatic hydroxyl groups is 1. The standard InChI is InChI=1S/C22H24F2N2O2.ClH/c23-17-6-4-16(5-7-17)21(27)14-25-10-8-15(9-11-25)12-26-13-19-18(22(26)28)2-1-3-20(19)24;/h1-7,15,21,27H,8-14H2;1H/t21-;/m0./s1. The van der Waals surface area contributed by atoms with Crippen molar-refractivity contribution in [2.24, 2.45) is 5.92 Å². The summed E-state index contributed by atoms with van der Waals surface area (Å²) in [4.78, 5) is 16.5. The summed E-state index contributed by atoms with van der Waals surface area (Å²) in [6.07, 6.45) is 1.21. The number of hydrogen-bond acceptors (Lipinski definition) is 3. The second-order valence-electron chi connectivity index (χ2n) is 7.76. The van der Waals surface area contributed by atoms with E-state index in [4.69, 9.17) is 0 Å². The maximum Gasteiger partial charge on any atom is 0.254 e. The van der Waals surface area contributed by atoms with Crippen molar-refractivity contribution in [2.75, 3.05) is 26.2 Å². The van der Waals surface area contributed by atoms with Crippen LogP contribution in [0.15, 0.2) is 42.5 Å². The number of halogens is 3. The van der Waals surface area contributed by atoms with Crippen LogP contribution in [0.1, 0.15) is 40.4 Å². The number of rotatable bonds is 5. The third-order valence-electron chi connectivity index (χ3n) is 5.86. The maximum absolute atomic E-state index is 13.9. The molecule has 1 N–H and O–H groups in total. The monoisotopic (exact) mass is 422 g/mol. The fourth-order valence-corrected chi connectivity index (χ4v) is 4.20. The molecule has 1 atom stereocenters. The number of piperidine rings is 1. The minimum atomic E-state index is -0.644. The van der Waals surface area contributed by atoms with Gasteiger partial charge in [0.25, 0.3) is 5.91 Å². The molecule has 2 aliphatic heterocycles. The lowest BCUT2D eigenvalue weighted by Gasteiger charge is -2.34. The Balaban J connectivity index is 0.00000240. The largest absolute Gasteiger partial charge is 0.387 e. The zero-order chi connectivity index (χ0) is 19.7. The summed E-state index contributed by atoms with van der Waals surface area (Å²) >= 11 is 0. The average molecular weight is 423 g/mol. The minimum Gasteiger partial charge on any atom is -0.387 e. The van der Waals surface area contributed by atoms with E-state index >= 15 is 0 Å². The van der Waals surface area contributed by atoms with Gasteiger partial charge in [-0.2, -0.15) is 0 Å². The summed E-state index contributed by atoms with van der Waals surface area (Å²) in [5.74, 6) is -0.322. The summed E-state index contributed by atoms with van der Waals surface area (Å²) in [6, 6.07) is 10.6. The van der Waals surface area contributed by atoms with E-state index in [0.29, 0.717) is 42.2 Å². The normalized spacial score (nSPS) is 18.4. The lowest BCUT2D eigenvalue weighted by molar-refractivity contribution is 0.0654. The summed E-state index contributed by atoms with van der Waals surface area (Å²) in [5.41, 5.74) is 1.71. The molecule has 2 aliphatic rings. The molecular formula is C22H25ClF2N2O2. The first-order chi connectivity index (χ1) is 13.5. The number of carbonyl (C=O) groups excluding carboxylic acids is 1. The van der Waals surface area contributed by atoms with Gasteiger partial charge in [-0.15, -0.1) is 12.4 Å². The topological polar surface area (TPSA) is 43.8 Å². The van der Waals surface area contributed by atoms with Crippen LogP contribution in [0.2, 0.25) is 0 Å². The maximum atomic E-state index is 13.9. The Morgan fingerprint density at radius 1 is 1.07 bits per heavy atom. The van der Waals surface area contributed by atoms with E-state index in [2.05, 4.69) is 4.90 Å². The van der Waals surface area contributed by atoms with Crippen LogP contribution in [-0.2, 0) is 6.54 Å². The van der Waals surface area contributed by atoms with Gasteiger partial charge in [0.1, 0.15) is 11.6 Å². The van der Waals surface area contributed by atoms with Crippen LogP contribution in [0.25, 0.3) is 0 Å². The number of amides is 1. The Labute approximate surface area is 175 Å². The van der Waals surface area contributed by atoms with Crippen molar-refractivity contribution in [3.63, 3.8) is 0 Å². The van der Waals surface area contributed by atoms with E-state index in [-0.39, 0.29) is 29.9 Å². The molecule has 7 heteroatoms. The number of fused-ring (bicyclic) bond motifs is 1. The molecule has 0 bridgehead atoms. The molecule has 2 heterocycles. The van der Waals surface area contributed by atoms with Crippen LogP contribution in [-0.4, -0.2) is 47.0 Å². The second kappa shape index (κ2) is 9.20. The molecule has 0 radical (unpaired) electrons. The van der Waals surface area contributed by atoms with Gasteiger partial charge in [0.05, 0.1) is 6.10 Å². The SMILES string of the molecule is Cl.O=C1c2cccc(F)c2CN1CC1CCN(C[C@H](O)c2ccc(F)cc2)CC1. The van der Waals surface area contributed by atoms with E-state index in [0.717, 1.165) is 25.9 Å². The van der Waals surface area contributed by atoms with Crippen LogP contribution in [0.5, 0.6) is 0 Å². The predicted molar refractivity (Wildman–Crippen MR) is 109 cm³/mol. The van der Waals surface area contributed by atoms with Crippen LogP contribution < -0.4 is 0 Å². The van der Waals surface area contributed by atoms with Gasteiger partial charge in [-0.1, -0.05) is 18.2 Å². The van der Waals surface area contributed by atoms with Gasteiger partial charge in [-0.05, 0) is 61.7 Å². The average Bonchev–Trinajstić information content (AvgIpc) is 3.01. The van der Waals surface area contributed by atoms with Crippen molar-refractivity contribution in [3.8, 4) is 0 Å². The number of nitrogens with zero attached hydrogens (tertiary/aromatic N) is 2. The van der Waals surface area contributed by atoms with Gasteiger partial charge in [0, 0.05) is 30.8 Å². The molecule has 29 heavy (non-hydrogen) atoms. The lowest BCUT2D eigenvalue weighted by Crippen LogP contribution is -2.40. The first kappa shape index (κ1) is 21.7. The highest BCUT2D eigenvalue weighted by Crippen LogP contribution is 2.28. The van der Waals surface area contributed by atoms with Gasteiger partial charge in [0.15, 0.2) is 0 Å². The van der Waals surface area contributed by atoms with E-state index in [1.54, 1.807) is 29.2 Å². The molecule has 0 aliphatic carbocycles. The molecule has 156 valence electrons. The zero-order valence-electron chi connectivity index (χ0n) is 16.1. The fraction of sp³-hybridized carbons (Fsp3) is 0.409. The van der Waals surface area contributed by atoms with Gasteiger partial charge >= 0.3 is 0 Å². The molecule has 4 nitrogen and oxygen atoms in total. The third-order valence-corrected chi connectivity index (χ3v) is 5.86. The molecule has 4 rings (SSSR count). The van der Waals surface area contributed by atoms with Crippen LogP contribution >= 0.6 is 12.4 Å². The first-order valence-electron chi connectivity index (χ1n) is 9.74. The number of aliphatic hydroxyl groups excluding tert-OH is 1. The lowest BCUT2D eigenvalue weighted by atomic mass is 9.95. The van der Waals surface area contributed by atoms with Crippen molar-refractivity contribution >= 4 is 18.3 Å². The highest BCUT2D eigenvalue weighted by Gasteiger charge is 2.32. The number of benzene rings is 2. The van der Waals surface area contributed by atoms with Crippen LogP contribution in [0, 0.1) is 17.6 Å². The molecule has 2 aromatic rings. The summed E-state index contributed by atoms with van der Waals surface area (Å²) in [7, 11) is 0. The van der Waals surface area contributed by atoms with Crippen molar-refractivity contribution < 1.29 is 18.7 Å². The Morgan fingerprint density at radius 3 is 2.41 bits per heavy atom. The van der Waals surface area contributed by atoms with E-state index in [1.807, 2.05) is 0 Å². The van der Waals surface area contributed by atoms with Crippen molar-refractivity contribution in [3.05, 3.63) is 70.8 Å². The van der Waals surface area contributed by atoms with E-state index in [1.165, 1.54) is 18.2 Å². The Bertz CT molecular complexity index is 854.